The molecule has 130 valence electrons. The average Bonchev–Trinajstić information content (AvgIpc) is 3.08. The zero-order chi connectivity index (χ0) is 18.1. The highest BCUT2D eigenvalue weighted by Crippen LogP contribution is 2.29. The standard InChI is InChI=1S/C19H14F3N4/c20-19(21,22)18-23-15-7-4-8-16(17(15)24-18)26-11-9-25(10-12-26)13-14-5-2-1-3-6-14/h1-12H,13H2/q+1/p+1. The van der Waals surface area contributed by atoms with Crippen molar-refractivity contribution in [1.29, 1.82) is 0 Å². The fourth-order valence-electron chi connectivity index (χ4n) is 2.83. The van der Waals surface area contributed by atoms with E-state index < -0.39 is 12.0 Å². The zero-order valence-corrected chi connectivity index (χ0v) is 13.6. The maximum Gasteiger partial charge on any atom is 0.449 e. The van der Waals surface area contributed by atoms with E-state index in [0.29, 0.717) is 17.7 Å². The predicted octanol–water partition coefficient (Wildman–Crippen LogP) is 3.19. The van der Waals surface area contributed by atoms with Crippen LogP contribution in [0.25, 0.3) is 16.7 Å². The summed E-state index contributed by atoms with van der Waals surface area (Å²) < 4.78 is 42.5. The smallest absolute Gasteiger partial charge is 0.334 e. The number of halogens is 3. The molecule has 0 atom stereocenters. The van der Waals surface area contributed by atoms with Crippen molar-refractivity contribution in [3.05, 3.63) is 84.7 Å². The molecule has 0 saturated carbocycles. The Kier molecular flexibility index (Phi) is 3.91. The summed E-state index contributed by atoms with van der Waals surface area (Å²) >= 11 is 0. The third-order valence-electron chi connectivity index (χ3n) is 4.08. The van der Waals surface area contributed by atoms with E-state index in [1.54, 1.807) is 35.2 Å². The molecule has 2 aromatic heterocycles. The minimum absolute atomic E-state index is 0.283. The lowest BCUT2D eigenvalue weighted by molar-refractivity contribution is -0.714. The van der Waals surface area contributed by atoms with Crippen molar-refractivity contribution in [3.63, 3.8) is 0 Å². The summed E-state index contributed by atoms with van der Waals surface area (Å²) in [5.41, 5.74) is 2.38. The Labute approximate surface area is 147 Å². The van der Waals surface area contributed by atoms with E-state index >= 15 is 0 Å². The van der Waals surface area contributed by atoms with Crippen LogP contribution in [0.3, 0.4) is 0 Å². The van der Waals surface area contributed by atoms with E-state index in [1.807, 2.05) is 47.3 Å². The van der Waals surface area contributed by atoms with E-state index in [-0.39, 0.29) is 5.52 Å². The Bertz CT molecular complexity index is 1040. The predicted molar refractivity (Wildman–Crippen MR) is 88.4 cm³/mol. The molecule has 4 aromatic rings. The average molecular weight is 356 g/mol. The first kappa shape index (κ1) is 16.3. The van der Waals surface area contributed by atoms with Gasteiger partial charge in [-0.25, -0.2) is 4.98 Å². The van der Waals surface area contributed by atoms with E-state index in [9.17, 15) is 13.2 Å². The van der Waals surface area contributed by atoms with Gasteiger partial charge in [-0.05, 0) is 6.07 Å². The van der Waals surface area contributed by atoms with Gasteiger partial charge in [0.05, 0.1) is 5.52 Å². The number of benzene rings is 2. The molecule has 1 N–H and O–H groups in total. The molecule has 2 aromatic carbocycles. The number of nitrogens with one attached hydrogen (secondary N) is 1. The molecule has 0 aliphatic heterocycles. The number of imidazole rings is 1. The summed E-state index contributed by atoms with van der Waals surface area (Å²) in [5.74, 6) is -0.990. The van der Waals surface area contributed by atoms with Gasteiger partial charge in [0, 0.05) is 11.6 Å². The lowest BCUT2D eigenvalue weighted by Crippen LogP contribution is -2.40. The van der Waals surface area contributed by atoms with Crippen LogP contribution in [0.1, 0.15) is 11.4 Å². The second kappa shape index (κ2) is 6.25. The van der Waals surface area contributed by atoms with Crippen LogP contribution < -0.4 is 9.13 Å². The SMILES string of the molecule is FC(F)(F)c1nc2c(-[n+]3cc[n+](Cc4ccccc4)cc3)cccc2[nH]1. The fourth-order valence-corrected chi connectivity index (χ4v) is 2.83. The molecule has 4 nitrogen and oxygen atoms in total. The van der Waals surface area contributed by atoms with Crippen molar-refractivity contribution >= 4 is 11.0 Å². The van der Waals surface area contributed by atoms with Gasteiger partial charge in [-0.15, -0.1) is 0 Å². The van der Waals surface area contributed by atoms with Crippen LogP contribution in [0, 0.1) is 0 Å². The molecule has 2 heterocycles. The minimum Gasteiger partial charge on any atom is -0.334 e. The van der Waals surface area contributed by atoms with Gasteiger partial charge in [0.1, 0.15) is 0 Å². The van der Waals surface area contributed by atoms with Crippen LogP contribution in [0.15, 0.2) is 73.3 Å². The molecule has 4 rings (SSSR count). The number of rotatable bonds is 3. The van der Waals surface area contributed by atoms with Crippen molar-refractivity contribution in [2.24, 2.45) is 0 Å². The quantitative estimate of drug-likeness (QED) is 0.563. The Morgan fingerprint density at radius 3 is 2.31 bits per heavy atom. The summed E-state index contributed by atoms with van der Waals surface area (Å²) in [5, 5.41) is 0. The Morgan fingerprint density at radius 1 is 0.885 bits per heavy atom. The molecule has 0 aliphatic carbocycles. The normalized spacial score (nSPS) is 11.8. The third kappa shape index (κ3) is 3.15. The van der Waals surface area contributed by atoms with E-state index in [4.69, 9.17) is 0 Å². The number of hydrogen-bond donors (Lipinski definition) is 1. The monoisotopic (exact) mass is 356 g/mol. The van der Waals surface area contributed by atoms with Crippen LogP contribution in [0.4, 0.5) is 13.2 Å². The highest BCUT2D eigenvalue weighted by atomic mass is 19.4. The van der Waals surface area contributed by atoms with Gasteiger partial charge in [-0.1, -0.05) is 36.4 Å². The van der Waals surface area contributed by atoms with Gasteiger partial charge in [0.2, 0.25) is 36.3 Å². The first-order valence-corrected chi connectivity index (χ1v) is 8.01. The topological polar surface area (TPSA) is 36.4 Å². The summed E-state index contributed by atoms with van der Waals surface area (Å²) in [6, 6.07) is 15.0. The molecule has 0 bridgehead atoms. The summed E-state index contributed by atoms with van der Waals surface area (Å²) in [6.07, 6.45) is 2.86. The minimum atomic E-state index is -4.50. The molecule has 0 fully saturated rings. The number of hydrogen-bond acceptors (Lipinski definition) is 1. The van der Waals surface area contributed by atoms with Gasteiger partial charge in [-0.3, -0.25) is 0 Å². The van der Waals surface area contributed by atoms with E-state index in [0.717, 1.165) is 0 Å². The molecule has 0 saturated heterocycles. The fraction of sp³-hybridized carbons (Fsp3) is 0.105. The summed E-state index contributed by atoms with van der Waals surface area (Å²) in [6.45, 7) is 0.715. The molecule has 0 aliphatic rings. The molecule has 0 amide bonds. The van der Waals surface area contributed by atoms with Gasteiger partial charge in [-0.2, -0.15) is 22.3 Å². The first-order chi connectivity index (χ1) is 12.5. The first-order valence-electron chi connectivity index (χ1n) is 8.01. The Balaban J connectivity index is 1.68. The lowest BCUT2D eigenvalue weighted by Gasteiger charge is -1.99. The maximum absolute atomic E-state index is 12.9. The molecular formula is C19H15F3N4+2. The van der Waals surface area contributed by atoms with Gasteiger partial charge in [0.15, 0.2) is 12.1 Å². The van der Waals surface area contributed by atoms with Crippen LogP contribution in [-0.2, 0) is 12.7 Å². The molecule has 26 heavy (non-hydrogen) atoms. The van der Waals surface area contributed by atoms with Crippen molar-refractivity contribution in [2.75, 3.05) is 0 Å². The van der Waals surface area contributed by atoms with Gasteiger partial charge >= 0.3 is 6.18 Å². The Morgan fingerprint density at radius 2 is 1.62 bits per heavy atom. The number of H-pyrrole nitrogens is 1. The van der Waals surface area contributed by atoms with Crippen LogP contribution in [0.5, 0.6) is 0 Å². The molecule has 0 unspecified atom stereocenters. The highest BCUT2D eigenvalue weighted by Gasteiger charge is 2.35. The zero-order valence-electron chi connectivity index (χ0n) is 13.6. The number of para-hydroxylation sites is 1. The number of fused-ring (bicyclic) bond motifs is 1. The van der Waals surface area contributed by atoms with Crippen molar-refractivity contribution < 1.29 is 22.3 Å². The number of alkyl halides is 3. The molecule has 0 radical (unpaired) electrons. The number of aromatic amines is 1. The van der Waals surface area contributed by atoms with Crippen LogP contribution in [0.2, 0.25) is 0 Å². The number of aromatic nitrogens is 4. The third-order valence-corrected chi connectivity index (χ3v) is 4.08. The summed E-state index contributed by atoms with van der Waals surface area (Å²) in [4.78, 5) is 6.08. The van der Waals surface area contributed by atoms with E-state index in [1.165, 1.54) is 5.56 Å². The highest BCUT2D eigenvalue weighted by molar-refractivity contribution is 5.81. The molecule has 0 spiro atoms. The van der Waals surface area contributed by atoms with E-state index in [2.05, 4.69) is 9.97 Å². The molecular weight excluding hydrogens is 341 g/mol. The second-order valence-electron chi connectivity index (χ2n) is 5.92. The van der Waals surface area contributed by atoms with Gasteiger partial charge < -0.3 is 4.98 Å². The van der Waals surface area contributed by atoms with Crippen molar-refractivity contribution in [1.82, 2.24) is 9.97 Å². The number of nitrogens with zero attached hydrogens (tertiary/aromatic N) is 3. The van der Waals surface area contributed by atoms with Crippen LogP contribution >= 0.6 is 0 Å². The van der Waals surface area contributed by atoms with Crippen molar-refractivity contribution in [2.45, 2.75) is 12.7 Å². The van der Waals surface area contributed by atoms with Crippen molar-refractivity contribution in [3.8, 4) is 5.69 Å². The maximum atomic E-state index is 12.9. The largest absolute Gasteiger partial charge is 0.449 e. The Hall–Kier alpha value is -3.22. The second-order valence-corrected chi connectivity index (χ2v) is 5.92. The lowest BCUT2D eigenvalue weighted by atomic mass is 10.2. The molecule has 7 heteroatoms. The van der Waals surface area contributed by atoms with Crippen LogP contribution in [-0.4, -0.2) is 9.97 Å². The van der Waals surface area contributed by atoms with Gasteiger partial charge in [0.25, 0.3) is 0 Å². The summed E-state index contributed by atoms with van der Waals surface area (Å²) in [7, 11) is 0.